The van der Waals surface area contributed by atoms with Gasteiger partial charge in [-0.2, -0.15) is 0 Å². The van der Waals surface area contributed by atoms with Gasteiger partial charge in [-0.1, -0.05) is 41.1 Å². The van der Waals surface area contributed by atoms with Gasteiger partial charge in [0.1, 0.15) is 0 Å². The van der Waals surface area contributed by atoms with Crippen LogP contribution in [0.2, 0.25) is 0 Å². The van der Waals surface area contributed by atoms with Crippen molar-refractivity contribution in [1.82, 2.24) is 10.2 Å². The van der Waals surface area contributed by atoms with E-state index in [9.17, 15) is 9.59 Å². The monoisotopic (exact) mass is 443 g/mol. The van der Waals surface area contributed by atoms with Gasteiger partial charge in [0.05, 0.1) is 5.92 Å². The van der Waals surface area contributed by atoms with Crippen molar-refractivity contribution in [3.8, 4) is 0 Å². The van der Waals surface area contributed by atoms with Crippen LogP contribution in [0.1, 0.15) is 24.2 Å². The quantitative estimate of drug-likeness (QED) is 0.768. The molecule has 1 N–H and O–H groups in total. The smallest absolute Gasteiger partial charge is 0.251 e. The van der Waals surface area contributed by atoms with Crippen molar-refractivity contribution in [2.75, 3.05) is 31.1 Å². The van der Waals surface area contributed by atoms with E-state index in [1.54, 1.807) is 12.1 Å². The molecule has 1 saturated heterocycles. The van der Waals surface area contributed by atoms with Gasteiger partial charge in [-0.3, -0.25) is 9.59 Å². The molecule has 0 spiro atoms. The van der Waals surface area contributed by atoms with E-state index in [1.165, 1.54) is 5.69 Å². The zero-order chi connectivity index (χ0) is 20.1. The molecule has 28 heavy (non-hydrogen) atoms. The zero-order valence-corrected chi connectivity index (χ0v) is 17.9. The lowest BCUT2D eigenvalue weighted by molar-refractivity contribution is -0.136. The highest BCUT2D eigenvalue weighted by Gasteiger charge is 2.29. The fourth-order valence-electron chi connectivity index (χ4n) is 3.34. The Morgan fingerprint density at radius 2 is 1.54 bits per heavy atom. The molecular weight excluding hydrogens is 418 g/mol. The van der Waals surface area contributed by atoms with Crippen molar-refractivity contribution < 1.29 is 9.59 Å². The van der Waals surface area contributed by atoms with E-state index >= 15 is 0 Å². The first-order valence-corrected chi connectivity index (χ1v) is 10.4. The number of hydrogen-bond donors (Lipinski definition) is 1. The Labute approximate surface area is 174 Å². The SMILES string of the molecule is CC(NC(=O)c1ccccc1)C(C)C(=O)N1CCN(c2ccc(Br)cc2)CC1. The summed E-state index contributed by atoms with van der Waals surface area (Å²) >= 11 is 3.46. The molecule has 2 atom stereocenters. The molecule has 1 fully saturated rings. The summed E-state index contributed by atoms with van der Waals surface area (Å²) in [5.74, 6) is -0.323. The van der Waals surface area contributed by atoms with Crippen LogP contribution < -0.4 is 10.2 Å². The first kappa shape index (κ1) is 20.4. The van der Waals surface area contributed by atoms with E-state index < -0.39 is 0 Å². The van der Waals surface area contributed by atoms with Crippen molar-refractivity contribution >= 4 is 33.4 Å². The number of carbonyl (C=O) groups is 2. The molecule has 6 heteroatoms. The van der Waals surface area contributed by atoms with Gasteiger partial charge in [0.25, 0.3) is 5.91 Å². The van der Waals surface area contributed by atoms with E-state index in [4.69, 9.17) is 0 Å². The minimum absolute atomic E-state index is 0.0938. The molecule has 5 nitrogen and oxygen atoms in total. The second-order valence-electron chi connectivity index (χ2n) is 7.21. The number of halogens is 1. The van der Waals surface area contributed by atoms with Gasteiger partial charge >= 0.3 is 0 Å². The number of amides is 2. The van der Waals surface area contributed by atoms with Crippen LogP contribution >= 0.6 is 15.9 Å². The lowest BCUT2D eigenvalue weighted by atomic mass is 10.0. The van der Waals surface area contributed by atoms with E-state index in [0.717, 1.165) is 17.6 Å². The summed E-state index contributed by atoms with van der Waals surface area (Å²) in [5, 5.41) is 2.95. The minimum atomic E-state index is -0.271. The summed E-state index contributed by atoms with van der Waals surface area (Å²) in [6, 6.07) is 17.1. The molecule has 2 unspecified atom stereocenters. The molecule has 2 aromatic rings. The molecule has 0 aromatic heterocycles. The lowest BCUT2D eigenvalue weighted by Crippen LogP contribution is -2.52. The Bertz CT molecular complexity index is 802. The molecule has 3 rings (SSSR count). The van der Waals surface area contributed by atoms with Crippen LogP contribution in [0.25, 0.3) is 0 Å². The first-order valence-electron chi connectivity index (χ1n) is 9.61. The third-order valence-electron chi connectivity index (χ3n) is 5.32. The maximum atomic E-state index is 12.9. The summed E-state index contributed by atoms with van der Waals surface area (Å²) in [7, 11) is 0. The number of anilines is 1. The predicted molar refractivity (Wildman–Crippen MR) is 115 cm³/mol. The van der Waals surface area contributed by atoms with Gasteiger partial charge in [0.15, 0.2) is 0 Å². The molecule has 0 radical (unpaired) electrons. The number of nitrogens with zero attached hydrogens (tertiary/aromatic N) is 2. The van der Waals surface area contributed by atoms with Crippen LogP contribution in [0.5, 0.6) is 0 Å². The highest BCUT2D eigenvalue weighted by molar-refractivity contribution is 9.10. The maximum absolute atomic E-state index is 12.9. The molecule has 1 aliphatic heterocycles. The predicted octanol–water partition coefficient (Wildman–Crippen LogP) is 3.55. The minimum Gasteiger partial charge on any atom is -0.368 e. The topological polar surface area (TPSA) is 52.7 Å². The van der Waals surface area contributed by atoms with Crippen LogP contribution in [-0.4, -0.2) is 48.9 Å². The fraction of sp³-hybridized carbons (Fsp3) is 0.364. The van der Waals surface area contributed by atoms with Crippen molar-refractivity contribution in [3.63, 3.8) is 0 Å². The summed E-state index contributed by atoms with van der Waals surface area (Å²) in [6.45, 7) is 6.79. The third kappa shape index (κ3) is 4.93. The number of piperazine rings is 1. The molecule has 2 aromatic carbocycles. The summed E-state index contributed by atoms with van der Waals surface area (Å²) in [5.41, 5.74) is 1.78. The number of carbonyl (C=O) groups excluding carboxylic acids is 2. The Morgan fingerprint density at radius 1 is 0.929 bits per heavy atom. The van der Waals surface area contributed by atoms with E-state index in [-0.39, 0.29) is 23.8 Å². The molecule has 148 valence electrons. The molecule has 1 heterocycles. The molecule has 0 saturated carbocycles. The average molecular weight is 444 g/mol. The fourth-order valence-corrected chi connectivity index (χ4v) is 3.61. The third-order valence-corrected chi connectivity index (χ3v) is 5.85. The second kappa shape index (κ2) is 9.24. The van der Waals surface area contributed by atoms with Crippen molar-refractivity contribution in [3.05, 3.63) is 64.6 Å². The second-order valence-corrected chi connectivity index (χ2v) is 8.12. The maximum Gasteiger partial charge on any atom is 0.251 e. The highest BCUT2D eigenvalue weighted by Crippen LogP contribution is 2.20. The highest BCUT2D eigenvalue weighted by atomic mass is 79.9. The van der Waals surface area contributed by atoms with Crippen LogP contribution in [0.15, 0.2) is 59.1 Å². The Morgan fingerprint density at radius 3 is 2.14 bits per heavy atom. The molecule has 0 aliphatic carbocycles. The Balaban J connectivity index is 1.52. The average Bonchev–Trinajstić information content (AvgIpc) is 2.74. The molecular formula is C22H26BrN3O2. The number of rotatable bonds is 5. The normalized spacial score (nSPS) is 16.4. The number of nitrogens with one attached hydrogen (secondary N) is 1. The number of benzene rings is 2. The summed E-state index contributed by atoms with van der Waals surface area (Å²) < 4.78 is 1.06. The molecule has 1 aliphatic rings. The van der Waals surface area contributed by atoms with Crippen molar-refractivity contribution in [2.45, 2.75) is 19.9 Å². The first-order chi connectivity index (χ1) is 13.5. The summed E-state index contributed by atoms with van der Waals surface area (Å²) in [4.78, 5) is 29.4. The van der Waals surface area contributed by atoms with Gasteiger partial charge in [-0.25, -0.2) is 0 Å². The Kier molecular flexibility index (Phi) is 6.73. The van der Waals surface area contributed by atoms with Crippen LogP contribution in [0.3, 0.4) is 0 Å². The molecule has 0 bridgehead atoms. The van der Waals surface area contributed by atoms with Gasteiger partial charge in [-0.15, -0.1) is 0 Å². The van der Waals surface area contributed by atoms with Crippen LogP contribution in [0, 0.1) is 5.92 Å². The largest absolute Gasteiger partial charge is 0.368 e. The van der Waals surface area contributed by atoms with Gasteiger partial charge in [0.2, 0.25) is 5.91 Å². The van der Waals surface area contributed by atoms with E-state index in [0.29, 0.717) is 18.7 Å². The van der Waals surface area contributed by atoms with Gasteiger partial charge < -0.3 is 15.1 Å². The van der Waals surface area contributed by atoms with E-state index in [2.05, 4.69) is 38.3 Å². The summed E-state index contributed by atoms with van der Waals surface area (Å²) in [6.07, 6.45) is 0. The standard InChI is InChI=1S/C22H26BrN3O2/c1-16(17(2)24-21(27)18-6-4-3-5-7-18)22(28)26-14-12-25(13-15-26)20-10-8-19(23)9-11-20/h3-11,16-17H,12-15H2,1-2H3,(H,24,27). The number of hydrogen-bond acceptors (Lipinski definition) is 3. The molecule has 2 amide bonds. The van der Waals surface area contributed by atoms with Crippen molar-refractivity contribution in [2.24, 2.45) is 5.92 Å². The Hall–Kier alpha value is -2.34. The lowest BCUT2D eigenvalue weighted by Gasteiger charge is -2.38. The zero-order valence-electron chi connectivity index (χ0n) is 16.3. The van der Waals surface area contributed by atoms with Gasteiger partial charge in [-0.05, 0) is 43.3 Å². The van der Waals surface area contributed by atoms with E-state index in [1.807, 2.05) is 49.1 Å². The van der Waals surface area contributed by atoms with Gasteiger partial charge in [0, 0.05) is 47.9 Å². The van der Waals surface area contributed by atoms with Crippen LogP contribution in [-0.2, 0) is 4.79 Å². The van der Waals surface area contributed by atoms with Crippen LogP contribution in [0.4, 0.5) is 5.69 Å². The van der Waals surface area contributed by atoms with Crippen molar-refractivity contribution in [1.29, 1.82) is 0 Å².